The van der Waals surface area contributed by atoms with Gasteiger partial charge in [-0.15, -0.1) is 11.3 Å². The Morgan fingerprint density at radius 2 is 1.46 bits per heavy atom. The number of hydrogen-bond acceptors (Lipinski definition) is 10. The summed E-state index contributed by atoms with van der Waals surface area (Å²) in [7, 11) is 1.79. The molecule has 0 bridgehead atoms. The van der Waals surface area contributed by atoms with Gasteiger partial charge in [0.15, 0.2) is 0 Å². The summed E-state index contributed by atoms with van der Waals surface area (Å²) in [4.78, 5) is 40.4. The van der Waals surface area contributed by atoms with Crippen molar-refractivity contribution in [3.05, 3.63) is 41.0 Å². The van der Waals surface area contributed by atoms with Crippen molar-refractivity contribution in [1.82, 2.24) is 15.2 Å². The van der Waals surface area contributed by atoms with Crippen LogP contribution in [0.5, 0.6) is 0 Å². The number of amides is 1. The van der Waals surface area contributed by atoms with Crippen molar-refractivity contribution in [2.75, 3.05) is 66.4 Å². The summed E-state index contributed by atoms with van der Waals surface area (Å²) in [6.45, 7) is 28.2. The summed E-state index contributed by atoms with van der Waals surface area (Å²) in [5, 5.41) is 3.06. The number of aryl methyl sites for hydroxylation is 1. The number of nitrogens with zero attached hydrogens (tertiary/aromatic N) is 2. The summed E-state index contributed by atoms with van der Waals surface area (Å²) in [5.74, 6) is 0.815. The highest BCUT2D eigenvalue weighted by Crippen LogP contribution is 2.28. The molecule has 0 aliphatic carbocycles. The molecular weight excluding hydrogens is 703 g/mol. The van der Waals surface area contributed by atoms with E-state index < -0.39 is 0 Å². The predicted molar refractivity (Wildman–Crippen MR) is 225 cm³/mol. The van der Waals surface area contributed by atoms with Crippen LogP contribution in [-0.2, 0) is 39.8 Å². The third-order valence-electron chi connectivity index (χ3n) is 8.23. The minimum absolute atomic E-state index is 0.0459. The van der Waals surface area contributed by atoms with E-state index in [0.717, 1.165) is 50.1 Å². The van der Waals surface area contributed by atoms with Crippen molar-refractivity contribution in [3.63, 3.8) is 0 Å². The second kappa shape index (κ2) is 34.9. The topological polar surface area (TPSA) is 116 Å². The van der Waals surface area contributed by atoms with E-state index in [1.165, 1.54) is 28.8 Å². The summed E-state index contributed by atoms with van der Waals surface area (Å²) in [6, 6.07) is 8.50. The van der Waals surface area contributed by atoms with E-state index in [9.17, 15) is 14.4 Å². The number of likely N-dealkylation sites (tertiary alicyclic amines) is 1. The summed E-state index contributed by atoms with van der Waals surface area (Å²) < 4.78 is 20.9. The zero-order chi connectivity index (χ0) is 41.2. The van der Waals surface area contributed by atoms with Crippen molar-refractivity contribution >= 4 is 29.8 Å². The number of ether oxygens (including phenoxy) is 4. The maximum absolute atomic E-state index is 12.3. The average Bonchev–Trinajstić information content (AvgIpc) is 3.85. The number of thiazole rings is 1. The third-order valence-corrected chi connectivity index (χ3v) is 9.21. The molecule has 312 valence electrons. The highest BCUT2D eigenvalue weighted by molar-refractivity contribution is 7.13. The molecular formula is C43H77N3O7S. The molecule has 0 radical (unpaired) electrons. The second-order valence-corrected chi connectivity index (χ2v) is 14.4. The molecule has 3 atom stereocenters. The highest BCUT2D eigenvalue weighted by Gasteiger charge is 2.37. The van der Waals surface area contributed by atoms with Crippen LogP contribution in [0.25, 0.3) is 10.4 Å². The number of carbonyl (C=O) groups excluding carboxylic acids is 3. The van der Waals surface area contributed by atoms with Gasteiger partial charge in [0.2, 0.25) is 5.91 Å². The van der Waals surface area contributed by atoms with Gasteiger partial charge < -0.3 is 38.8 Å². The molecule has 1 aliphatic rings. The van der Waals surface area contributed by atoms with Crippen molar-refractivity contribution in [2.24, 2.45) is 11.3 Å². The van der Waals surface area contributed by atoms with Crippen LogP contribution in [0.4, 0.5) is 0 Å². The maximum Gasteiger partial charge on any atom is 0.240 e. The largest absolute Gasteiger partial charge is 0.379 e. The van der Waals surface area contributed by atoms with E-state index in [1.807, 2.05) is 54.0 Å². The number of nitrogens with one attached hydrogen (secondary N) is 1. The van der Waals surface area contributed by atoms with Gasteiger partial charge in [-0.05, 0) is 62.1 Å². The molecule has 1 aliphatic heterocycles. The molecule has 1 saturated heterocycles. The molecule has 10 nitrogen and oxygen atoms in total. The number of aldehydes is 2. The maximum atomic E-state index is 12.3. The molecule has 3 rings (SSSR count). The van der Waals surface area contributed by atoms with Crippen LogP contribution >= 0.6 is 11.3 Å². The van der Waals surface area contributed by atoms with Gasteiger partial charge in [-0.3, -0.25) is 4.79 Å². The molecule has 0 saturated carbocycles. The lowest BCUT2D eigenvalue weighted by molar-refractivity contribution is -0.138. The van der Waals surface area contributed by atoms with E-state index in [2.05, 4.69) is 62.3 Å². The van der Waals surface area contributed by atoms with Crippen LogP contribution in [0.15, 0.2) is 29.8 Å². The fourth-order valence-corrected chi connectivity index (χ4v) is 6.07. The molecule has 2 heterocycles. The van der Waals surface area contributed by atoms with Gasteiger partial charge in [0.25, 0.3) is 0 Å². The quantitative estimate of drug-likeness (QED) is 0.0982. The number of hydrogen-bond donors (Lipinski definition) is 1. The standard InChI is InChI=1S/C15H19NS.C12H22N2O2.C12H24O5.2C2H6/c1-4-11(2)9-13-5-7-14(8-6-13)15-12(3)16-10-17-15;1-12(2,3)10(13-4)11(16)14-7-5-6-9(14)8-15;1-2-5-14-7-9-16-11-12-17-10-8-15-6-3-4-13;2*1-2/h5-8,10-11H,4,9H2,1-3H3;8-10,13H,5-7H2,1-4H3;4H,2-3,5-12H2,1H3;2*1-2H3. The van der Waals surface area contributed by atoms with E-state index in [-0.39, 0.29) is 23.4 Å². The molecule has 1 N–H and O–H groups in total. The molecule has 1 aromatic carbocycles. The number of aromatic nitrogens is 1. The lowest BCUT2D eigenvalue weighted by Gasteiger charge is -2.33. The zero-order valence-corrected chi connectivity index (χ0v) is 36.9. The molecule has 0 spiro atoms. The van der Waals surface area contributed by atoms with Gasteiger partial charge in [-0.2, -0.15) is 0 Å². The summed E-state index contributed by atoms with van der Waals surface area (Å²) in [5.41, 5.74) is 5.63. The summed E-state index contributed by atoms with van der Waals surface area (Å²) >= 11 is 1.72. The molecule has 2 aromatic rings. The molecule has 54 heavy (non-hydrogen) atoms. The Bertz CT molecular complexity index is 1170. The van der Waals surface area contributed by atoms with Crippen LogP contribution in [0, 0.1) is 18.3 Å². The van der Waals surface area contributed by atoms with Crippen LogP contribution < -0.4 is 5.32 Å². The first-order valence-electron chi connectivity index (χ1n) is 20.2. The highest BCUT2D eigenvalue weighted by atomic mass is 32.1. The predicted octanol–water partition coefficient (Wildman–Crippen LogP) is 8.62. The van der Waals surface area contributed by atoms with Crippen LogP contribution in [-0.4, -0.2) is 107 Å². The van der Waals surface area contributed by atoms with E-state index in [4.69, 9.17) is 18.9 Å². The first kappa shape index (κ1) is 53.6. The van der Waals surface area contributed by atoms with Gasteiger partial charge in [0.05, 0.1) is 74.4 Å². The number of benzene rings is 1. The fraction of sp³-hybridized carbons (Fsp3) is 0.721. The van der Waals surface area contributed by atoms with E-state index in [1.54, 1.807) is 23.3 Å². The minimum Gasteiger partial charge on any atom is -0.379 e. The van der Waals surface area contributed by atoms with Gasteiger partial charge in [0, 0.05) is 19.6 Å². The Hall–Kier alpha value is -2.54. The Morgan fingerprint density at radius 3 is 1.89 bits per heavy atom. The van der Waals surface area contributed by atoms with Crippen molar-refractivity contribution in [3.8, 4) is 10.4 Å². The SMILES string of the molecule is CC.CC.CCC(C)Cc1ccc(-c2scnc2C)cc1.CCCOCCOCCOCCOCCC=O.CNC(C(=O)N1CCCC1C=O)C(C)(C)C. The second-order valence-electron chi connectivity index (χ2n) is 13.6. The van der Waals surface area contributed by atoms with Crippen molar-refractivity contribution in [2.45, 2.75) is 127 Å². The zero-order valence-electron chi connectivity index (χ0n) is 36.0. The number of likely N-dealkylation sites (N-methyl/N-ethyl adjacent to an activating group) is 1. The molecule has 1 amide bonds. The fourth-order valence-electron chi connectivity index (χ4n) is 5.26. The van der Waals surface area contributed by atoms with Crippen molar-refractivity contribution in [1.29, 1.82) is 0 Å². The Morgan fingerprint density at radius 1 is 0.926 bits per heavy atom. The van der Waals surface area contributed by atoms with Crippen LogP contribution in [0.2, 0.25) is 0 Å². The average molecular weight is 780 g/mol. The van der Waals surface area contributed by atoms with Gasteiger partial charge in [-0.1, -0.05) is 99.9 Å². The first-order valence-corrected chi connectivity index (χ1v) is 21.1. The minimum atomic E-state index is -0.229. The Balaban J connectivity index is 0. The molecule has 1 fully saturated rings. The smallest absolute Gasteiger partial charge is 0.240 e. The van der Waals surface area contributed by atoms with E-state index in [0.29, 0.717) is 59.2 Å². The Labute approximate surface area is 333 Å². The first-order chi connectivity index (χ1) is 26.0. The number of carbonyl (C=O) groups is 3. The summed E-state index contributed by atoms with van der Waals surface area (Å²) in [6.07, 6.45) is 7.36. The monoisotopic (exact) mass is 780 g/mol. The molecule has 11 heteroatoms. The van der Waals surface area contributed by atoms with E-state index >= 15 is 0 Å². The normalized spacial score (nSPS) is 14.4. The molecule has 1 aromatic heterocycles. The molecule has 3 unspecified atom stereocenters. The number of rotatable bonds is 21. The Kier molecular flexibility index (Phi) is 34.6. The third kappa shape index (κ3) is 24.1. The van der Waals surface area contributed by atoms with Crippen LogP contribution in [0.3, 0.4) is 0 Å². The van der Waals surface area contributed by atoms with Gasteiger partial charge in [-0.25, -0.2) is 4.98 Å². The lowest BCUT2D eigenvalue weighted by atomic mass is 9.86. The van der Waals surface area contributed by atoms with Crippen molar-refractivity contribution < 1.29 is 33.3 Å². The van der Waals surface area contributed by atoms with Gasteiger partial charge >= 0.3 is 0 Å². The lowest BCUT2D eigenvalue weighted by Crippen LogP contribution is -2.53. The van der Waals surface area contributed by atoms with Gasteiger partial charge in [0.1, 0.15) is 12.6 Å². The van der Waals surface area contributed by atoms with Crippen LogP contribution in [0.1, 0.15) is 113 Å².